The minimum Gasteiger partial charge on any atom is -0.351 e. The van der Waals surface area contributed by atoms with Gasteiger partial charge in [0.2, 0.25) is 0 Å². The first kappa shape index (κ1) is 16.9. The summed E-state index contributed by atoms with van der Waals surface area (Å²) < 4.78 is 48.1. The first-order valence-electron chi connectivity index (χ1n) is 6.53. The zero-order valence-corrected chi connectivity index (χ0v) is 11.6. The third-order valence-electron chi connectivity index (χ3n) is 2.76. The average molecular weight is 291 g/mol. The molecule has 0 spiro atoms. The Morgan fingerprint density at radius 3 is 1.95 bits per heavy atom. The first-order chi connectivity index (χ1) is 9.38. The summed E-state index contributed by atoms with van der Waals surface area (Å²) in [7, 11) is 0. The van der Waals surface area contributed by atoms with E-state index in [1.807, 2.05) is 13.8 Å². The molecule has 1 rings (SSSR count). The van der Waals surface area contributed by atoms with Gasteiger partial charge >= 0.3 is 6.18 Å². The standard InChI is InChI=1S/C14H20F3NO2/c1-3-19-13(20-4-2)12(18)9-10-5-7-11(8-6-10)14(15,16)17/h5-8,12-13H,3-4,9,18H2,1-2H3. The fourth-order valence-corrected chi connectivity index (χ4v) is 1.82. The molecule has 2 N–H and O–H groups in total. The van der Waals surface area contributed by atoms with Crippen LogP contribution < -0.4 is 5.73 Å². The van der Waals surface area contributed by atoms with Crippen molar-refractivity contribution in [2.75, 3.05) is 13.2 Å². The number of halogens is 3. The van der Waals surface area contributed by atoms with Gasteiger partial charge in [0.15, 0.2) is 6.29 Å². The summed E-state index contributed by atoms with van der Waals surface area (Å²) in [6.45, 7) is 4.59. The van der Waals surface area contributed by atoms with Gasteiger partial charge in [0, 0.05) is 13.2 Å². The molecule has 0 saturated heterocycles. The van der Waals surface area contributed by atoms with Crippen molar-refractivity contribution in [2.24, 2.45) is 5.73 Å². The molecule has 0 aliphatic rings. The van der Waals surface area contributed by atoms with Crippen LogP contribution >= 0.6 is 0 Å². The lowest BCUT2D eigenvalue weighted by Gasteiger charge is -2.23. The maximum atomic E-state index is 12.4. The summed E-state index contributed by atoms with van der Waals surface area (Å²) in [4.78, 5) is 0. The Hall–Kier alpha value is -1.11. The number of alkyl halides is 3. The lowest BCUT2D eigenvalue weighted by atomic mass is 10.0. The molecule has 1 atom stereocenters. The number of ether oxygens (including phenoxy) is 2. The fourth-order valence-electron chi connectivity index (χ4n) is 1.82. The molecule has 1 aromatic rings. The molecule has 3 nitrogen and oxygen atoms in total. The van der Waals surface area contributed by atoms with Gasteiger partial charge in [0.25, 0.3) is 0 Å². The molecule has 0 amide bonds. The van der Waals surface area contributed by atoms with Gasteiger partial charge in [-0.25, -0.2) is 0 Å². The van der Waals surface area contributed by atoms with Crippen molar-refractivity contribution < 1.29 is 22.6 Å². The summed E-state index contributed by atoms with van der Waals surface area (Å²) in [5.74, 6) is 0. The number of hydrogen-bond acceptors (Lipinski definition) is 3. The molecule has 20 heavy (non-hydrogen) atoms. The van der Waals surface area contributed by atoms with E-state index in [0.29, 0.717) is 19.6 Å². The summed E-state index contributed by atoms with van der Waals surface area (Å²) in [5, 5.41) is 0. The maximum Gasteiger partial charge on any atom is 0.416 e. The average Bonchev–Trinajstić information content (AvgIpc) is 2.38. The van der Waals surface area contributed by atoms with Crippen LogP contribution in [0.1, 0.15) is 25.0 Å². The normalized spacial score (nSPS) is 13.8. The summed E-state index contributed by atoms with van der Waals surface area (Å²) in [6.07, 6.45) is -4.48. The van der Waals surface area contributed by atoms with Crippen molar-refractivity contribution in [2.45, 2.75) is 38.8 Å². The fraction of sp³-hybridized carbons (Fsp3) is 0.571. The van der Waals surface area contributed by atoms with E-state index in [2.05, 4.69) is 0 Å². The van der Waals surface area contributed by atoms with Crippen LogP contribution in [0, 0.1) is 0 Å². The Kier molecular flexibility index (Phi) is 6.45. The van der Waals surface area contributed by atoms with E-state index in [4.69, 9.17) is 15.2 Å². The minimum absolute atomic E-state index is 0.392. The molecule has 1 aromatic carbocycles. The number of rotatable bonds is 7. The Morgan fingerprint density at radius 1 is 1.05 bits per heavy atom. The summed E-state index contributed by atoms with van der Waals surface area (Å²) >= 11 is 0. The second kappa shape index (κ2) is 7.61. The Balaban J connectivity index is 2.67. The Bertz CT molecular complexity index is 386. The lowest BCUT2D eigenvalue weighted by Crippen LogP contribution is -2.40. The third-order valence-corrected chi connectivity index (χ3v) is 2.76. The largest absolute Gasteiger partial charge is 0.416 e. The minimum atomic E-state index is -4.32. The highest BCUT2D eigenvalue weighted by Crippen LogP contribution is 2.29. The van der Waals surface area contributed by atoms with Crippen molar-refractivity contribution in [3.8, 4) is 0 Å². The van der Waals surface area contributed by atoms with Crippen LogP contribution in [0.3, 0.4) is 0 Å². The Labute approximate surface area is 116 Å². The molecule has 0 aliphatic heterocycles. The van der Waals surface area contributed by atoms with Crippen molar-refractivity contribution in [3.05, 3.63) is 35.4 Å². The number of nitrogens with two attached hydrogens (primary N) is 1. The van der Waals surface area contributed by atoms with Crippen LogP contribution in [0.2, 0.25) is 0 Å². The van der Waals surface area contributed by atoms with E-state index in [1.165, 1.54) is 12.1 Å². The quantitative estimate of drug-likeness (QED) is 0.785. The molecular formula is C14H20F3NO2. The zero-order chi connectivity index (χ0) is 15.2. The van der Waals surface area contributed by atoms with Gasteiger partial charge in [0.05, 0.1) is 11.6 Å². The van der Waals surface area contributed by atoms with Gasteiger partial charge in [0.1, 0.15) is 0 Å². The molecule has 0 bridgehead atoms. The molecule has 6 heteroatoms. The Morgan fingerprint density at radius 2 is 1.55 bits per heavy atom. The predicted octanol–water partition coefficient (Wildman–Crippen LogP) is 2.97. The van der Waals surface area contributed by atoms with Crippen molar-refractivity contribution >= 4 is 0 Å². The molecular weight excluding hydrogens is 271 g/mol. The van der Waals surface area contributed by atoms with Crippen LogP contribution in [0.15, 0.2) is 24.3 Å². The van der Waals surface area contributed by atoms with Crippen molar-refractivity contribution in [1.29, 1.82) is 0 Å². The van der Waals surface area contributed by atoms with E-state index in [9.17, 15) is 13.2 Å². The van der Waals surface area contributed by atoms with Crippen LogP contribution in [0.5, 0.6) is 0 Å². The van der Waals surface area contributed by atoms with Crippen LogP contribution in [-0.2, 0) is 22.1 Å². The van der Waals surface area contributed by atoms with Crippen molar-refractivity contribution in [3.63, 3.8) is 0 Å². The number of hydrogen-bond donors (Lipinski definition) is 1. The lowest BCUT2D eigenvalue weighted by molar-refractivity contribution is -0.148. The van der Waals surface area contributed by atoms with Gasteiger partial charge < -0.3 is 15.2 Å². The van der Waals surface area contributed by atoms with Gasteiger partial charge in [-0.15, -0.1) is 0 Å². The molecule has 0 fully saturated rings. The van der Waals surface area contributed by atoms with Crippen LogP contribution in [0.25, 0.3) is 0 Å². The highest BCUT2D eigenvalue weighted by Gasteiger charge is 2.30. The van der Waals surface area contributed by atoms with E-state index < -0.39 is 24.1 Å². The zero-order valence-electron chi connectivity index (χ0n) is 11.6. The number of benzene rings is 1. The topological polar surface area (TPSA) is 44.5 Å². The van der Waals surface area contributed by atoms with Gasteiger partial charge in [-0.3, -0.25) is 0 Å². The van der Waals surface area contributed by atoms with Gasteiger partial charge in [-0.1, -0.05) is 12.1 Å². The highest BCUT2D eigenvalue weighted by atomic mass is 19.4. The van der Waals surface area contributed by atoms with E-state index >= 15 is 0 Å². The molecule has 114 valence electrons. The predicted molar refractivity (Wildman–Crippen MR) is 70.2 cm³/mol. The molecule has 1 unspecified atom stereocenters. The van der Waals surface area contributed by atoms with Gasteiger partial charge in [-0.2, -0.15) is 13.2 Å². The molecule has 0 heterocycles. The van der Waals surface area contributed by atoms with Crippen LogP contribution in [0.4, 0.5) is 13.2 Å². The smallest absolute Gasteiger partial charge is 0.351 e. The third kappa shape index (κ3) is 5.11. The molecule has 0 aromatic heterocycles. The summed E-state index contributed by atoms with van der Waals surface area (Å²) in [6, 6.07) is 4.54. The molecule has 0 aliphatic carbocycles. The first-order valence-corrected chi connectivity index (χ1v) is 6.53. The molecule has 0 saturated carbocycles. The maximum absolute atomic E-state index is 12.4. The van der Waals surface area contributed by atoms with E-state index in [-0.39, 0.29) is 0 Å². The van der Waals surface area contributed by atoms with E-state index in [1.54, 1.807) is 0 Å². The van der Waals surface area contributed by atoms with Crippen molar-refractivity contribution in [1.82, 2.24) is 0 Å². The van der Waals surface area contributed by atoms with E-state index in [0.717, 1.165) is 17.7 Å². The molecule has 0 radical (unpaired) electrons. The highest BCUT2D eigenvalue weighted by molar-refractivity contribution is 5.25. The SMILES string of the molecule is CCOC(OCC)C(N)Cc1ccc(C(F)(F)F)cc1. The second-order valence-corrected chi connectivity index (χ2v) is 4.34. The summed E-state index contributed by atoms with van der Waals surface area (Å²) in [5.41, 5.74) is 6.03. The monoisotopic (exact) mass is 291 g/mol. The second-order valence-electron chi connectivity index (χ2n) is 4.34. The van der Waals surface area contributed by atoms with Crippen LogP contribution in [-0.4, -0.2) is 25.5 Å². The van der Waals surface area contributed by atoms with Gasteiger partial charge in [-0.05, 0) is 38.0 Å².